The summed E-state index contributed by atoms with van der Waals surface area (Å²) in [5.74, 6) is 0.635. The Kier molecular flexibility index (Phi) is 5.06. The molecule has 0 aliphatic carbocycles. The summed E-state index contributed by atoms with van der Waals surface area (Å²) in [6, 6.07) is 3.29. The summed E-state index contributed by atoms with van der Waals surface area (Å²) < 4.78 is 26.5. The molecule has 7 heteroatoms. The van der Waals surface area contributed by atoms with Crippen molar-refractivity contribution >= 4 is 15.8 Å². The van der Waals surface area contributed by atoms with E-state index in [4.69, 9.17) is 0 Å². The molecule has 0 aliphatic heterocycles. The quantitative estimate of drug-likeness (QED) is 0.782. The third-order valence-electron chi connectivity index (χ3n) is 2.75. The van der Waals surface area contributed by atoms with Crippen LogP contribution in [0.25, 0.3) is 0 Å². The molecule has 1 rings (SSSR count). The summed E-state index contributed by atoms with van der Waals surface area (Å²) in [4.78, 5) is 6.11. The maximum absolute atomic E-state index is 12.0. The van der Waals surface area contributed by atoms with Crippen LogP contribution in [0, 0.1) is 0 Å². The number of pyridine rings is 1. The molecule has 1 heterocycles. The van der Waals surface area contributed by atoms with E-state index in [0.717, 1.165) is 0 Å². The van der Waals surface area contributed by atoms with Gasteiger partial charge < -0.3 is 10.2 Å². The van der Waals surface area contributed by atoms with Gasteiger partial charge in [0.05, 0.1) is 0 Å². The number of aromatic nitrogens is 1. The molecule has 102 valence electrons. The van der Waals surface area contributed by atoms with Crippen molar-refractivity contribution in [1.82, 2.24) is 14.6 Å². The molecule has 0 radical (unpaired) electrons. The van der Waals surface area contributed by atoms with Gasteiger partial charge in [-0.1, -0.05) is 0 Å². The molecule has 0 saturated heterocycles. The highest BCUT2D eigenvalue weighted by Gasteiger charge is 2.16. The Bertz CT molecular complexity index is 470. The van der Waals surface area contributed by atoms with Crippen LogP contribution in [0.3, 0.4) is 0 Å². The molecule has 6 nitrogen and oxygen atoms in total. The minimum Gasteiger partial charge on any atom is -0.373 e. The molecule has 0 aliphatic rings. The molecular weight excluding hydrogens is 252 g/mol. The lowest BCUT2D eigenvalue weighted by Gasteiger charge is -2.19. The molecule has 0 aromatic carbocycles. The first-order valence-corrected chi connectivity index (χ1v) is 7.15. The molecule has 0 spiro atoms. The van der Waals surface area contributed by atoms with Gasteiger partial charge in [0, 0.05) is 25.8 Å². The third kappa shape index (κ3) is 3.94. The number of hydrogen-bond donors (Lipinski definition) is 2. The first kappa shape index (κ1) is 14.9. The van der Waals surface area contributed by atoms with E-state index in [2.05, 4.69) is 15.0 Å². The highest BCUT2D eigenvalue weighted by atomic mass is 32.2. The minimum atomic E-state index is -3.48. The van der Waals surface area contributed by atoms with Crippen LogP contribution in [-0.4, -0.2) is 52.0 Å². The molecule has 1 aromatic rings. The van der Waals surface area contributed by atoms with Crippen molar-refractivity contribution in [3.05, 3.63) is 18.3 Å². The highest BCUT2D eigenvalue weighted by molar-refractivity contribution is 7.89. The predicted molar refractivity (Wildman–Crippen MR) is 72.1 cm³/mol. The van der Waals surface area contributed by atoms with E-state index < -0.39 is 10.0 Å². The van der Waals surface area contributed by atoms with Gasteiger partial charge in [0.1, 0.15) is 10.7 Å². The largest absolute Gasteiger partial charge is 0.373 e. The van der Waals surface area contributed by atoms with Gasteiger partial charge in [0.2, 0.25) is 10.0 Å². The van der Waals surface area contributed by atoms with Crippen LogP contribution in [0.15, 0.2) is 23.2 Å². The van der Waals surface area contributed by atoms with Gasteiger partial charge >= 0.3 is 0 Å². The van der Waals surface area contributed by atoms with Gasteiger partial charge in [0.25, 0.3) is 0 Å². The van der Waals surface area contributed by atoms with Crippen LogP contribution in [0.4, 0.5) is 5.82 Å². The zero-order valence-electron chi connectivity index (χ0n) is 11.1. The Morgan fingerprint density at radius 3 is 2.50 bits per heavy atom. The standard InChI is InChI=1S/C11H20N4O2S/c1-9(15(3)4)7-14-18(16,17)10-5-6-11(12-2)13-8-10/h5-6,8-9,14H,7H2,1-4H3,(H,12,13). The highest BCUT2D eigenvalue weighted by Crippen LogP contribution is 2.10. The number of nitrogens with one attached hydrogen (secondary N) is 2. The molecule has 0 fully saturated rings. The summed E-state index contributed by atoms with van der Waals surface area (Å²) in [6.45, 7) is 2.31. The van der Waals surface area contributed by atoms with Crippen LogP contribution in [0.2, 0.25) is 0 Å². The van der Waals surface area contributed by atoms with E-state index >= 15 is 0 Å². The van der Waals surface area contributed by atoms with E-state index in [1.165, 1.54) is 12.3 Å². The second-order valence-corrected chi connectivity index (χ2v) is 6.06. The van der Waals surface area contributed by atoms with Crippen molar-refractivity contribution in [2.24, 2.45) is 0 Å². The van der Waals surface area contributed by atoms with Crippen molar-refractivity contribution in [2.75, 3.05) is 33.0 Å². The normalized spacial score (nSPS) is 13.6. The lowest BCUT2D eigenvalue weighted by atomic mass is 10.3. The zero-order chi connectivity index (χ0) is 13.8. The molecule has 0 saturated carbocycles. The molecular formula is C11H20N4O2S. The van der Waals surface area contributed by atoms with Crippen molar-refractivity contribution in [3.8, 4) is 0 Å². The van der Waals surface area contributed by atoms with Crippen molar-refractivity contribution in [1.29, 1.82) is 0 Å². The van der Waals surface area contributed by atoms with Crippen LogP contribution < -0.4 is 10.0 Å². The molecule has 1 unspecified atom stereocenters. The van der Waals surface area contributed by atoms with Gasteiger partial charge in [-0.2, -0.15) is 0 Å². The molecule has 18 heavy (non-hydrogen) atoms. The lowest BCUT2D eigenvalue weighted by molar-refractivity contribution is 0.314. The Morgan fingerprint density at radius 2 is 2.06 bits per heavy atom. The summed E-state index contributed by atoms with van der Waals surface area (Å²) >= 11 is 0. The van der Waals surface area contributed by atoms with Gasteiger partial charge in [-0.3, -0.25) is 0 Å². The average Bonchev–Trinajstić information content (AvgIpc) is 2.36. The first-order chi connectivity index (χ1) is 8.36. The van der Waals surface area contributed by atoms with Crippen LogP contribution >= 0.6 is 0 Å². The van der Waals surface area contributed by atoms with Gasteiger partial charge in [-0.15, -0.1) is 0 Å². The number of sulfonamides is 1. The smallest absolute Gasteiger partial charge is 0.242 e. The number of rotatable bonds is 6. The molecule has 0 amide bonds. The van der Waals surface area contributed by atoms with E-state index in [1.807, 2.05) is 25.9 Å². The lowest BCUT2D eigenvalue weighted by Crippen LogP contribution is -2.38. The Labute approximate surface area is 108 Å². The fourth-order valence-corrected chi connectivity index (χ4v) is 2.25. The van der Waals surface area contributed by atoms with Crippen molar-refractivity contribution in [2.45, 2.75) is 17.9 Å². The Hall–Kier alpha value is -1.18. The second-order valence-electron chi connectivity index (χ2n) is 4.29. The summed E-state index contributed by atoms with van der Waals surface area (Å²) in [5, 5.41) is 2.84. The van der Waals surface area contributed by atoms with Crippen molar-refractivity contribution in [3.63, 3.8) is 0 Å². The molecule has 1 atom stereocenters. The number of likely N-dealkylation sites (N-methyl/N-ethyl adjacent to an activating group) is 1. The molecule has 1 aromatic heterocycles. The van der Waals surface area contributed by atoms with Crippen LogP contribution in [-0.2, 0) is 10.0 Å². The SMILES string of the molecule is CNc1ccc(S(=O)(=O)NCC(C)N(C)C)cn1. The van der Waals surface area contributed by atoms with Crippen LogP contribution in [0.1, 0.15) is 6.92 Å². The van der Waals surface area contributed by atoms with Crippen molar-refractivity contribution < 1.29 is 8.42 Å². The second kappa shape index (κ2) is 6.12. The average molecular weight is 272 g/mol. The van der Waals surface area contributed by atoms with E-state index in [1.54, 1.807) is 13.1 Å². The fourth-order valence-electron chi connectivity index (χ4n) is 1.18. The van der Waals surface area contributed by atoms with Gasteiger partial charge in [-0.05, 0) is 33.2 Å². The van der Waals surface area contributed by atoms with E-state index in [0.29, 0.717) is 12.4 Å². The van der Waals surface area contributed by atoms with Gasteiger partial charge in [0.15, 0.2) is 0 Å². The number of hydrogen-bond acceptors (Lipinski definition) is 5. The first-order valence-electron chi connectivity index (χ1n) is 5.66. The monoisotopic (exact) mass is 272 g/mol. The minimum absolute atomic E-state index is 0.129. The summed E-state index contributed by atoms with van der Waals surface area (Å²) in [5.41, 5.74) is 0. The summed E-state index contributed by atoms with van der Waals surface area (Å²) in [6.07, 6.45) is 1.34. The maximum Gasteiger partial charge on any atom is 0.242 e. The molecule has 0 bridgehead atoms. The Balaban J connectivity index is 2.73. The Morgan fingerprint density at radius 1 is 1.39 bits per heavy atom. The predicted octanol–water partition coefficient (Wildman–Crippen LogP) is 0.352. The topological polar surface area (TPSA) is 74.3 Å². The summed E-state index contributed by atoms with van der Waals surface area (Å²) in [7, 11) is 2.06. The van der Waals surface area contributed by atoms with E-state index in [9.17, 15) is 8.42 Å². The molecule has 2 N–H and O–H groups in total. The number of nitrogens with zero attached hydrogens (tertiary/aromatic N) is 2. The third-order valence-corrected chi connectivity index (χ3v) is 4.16. The van der Waals surface area contributed by atoms with E-state index in [-0.39, 0.29) is 10.9 Å². The number of anilines is 1. The maximum atomic E-state index is 12.0. The van der Waals surface area contributed by atoms with Gasteiger partial charge in [-0.25, -0.2) is 18.1 Å². The zero-order valence-corrected chi connectivity index (χ0v) is 12.0. The van der Waals surface area contributed by atoms with Crippen LogP contribution in [0.5, 0.6) is 0 Å². The fraction of sp³-hybridized carbons (Fsp3) is 0.545.